The van der Waals surface area contributed by atoms with Crippen LogP contribution in [-0.4, -0.2) is 17.1 Å². The summed E-state index contributed by atoms with van der Waals surface area (Å²) in [5.41, 5.74) is 3.71. The molecule has 1 heterocycles. The molecule has 1 unspecified atom stereocenters. The Bertz CT molecular complexity index is 1380. The van der Waals surface area contributed by atoms with Crippen molar-refractivity contribution in [1.29, 1.82) is 5.26 Å². The highest BCUT2D eigenvalue weighted by Crippen LogP contribution is 2.42. The summed E-state index contributed by atoms with van der Waals surface area (Å²) in [6.45, 7) is 3.85. The lowest BCUT2D eigenvalue weighted by atomic mass is 10.1. The molecule has 0 spiro atoms. The molecule has 5 nitrogen and oxygen atoms in total. The van der Waals surface area contributed by atoms with Crippen LogP contribution in [0, 0.1) is 25.2 Å². The molecule has 2 amide bonds. The summed E-state index contributed by atoms with van der Waals surface area (Å²) < 4.78 is 0. The van der Waals surface area contributed by atoms with E-state index >= 15 is 0 Å². The third-order valence-corrected chi connectivity index (χ3v) is 7.65. The Morgan fingerprint density at radius 1 is 1.09 bits per heavy atom. The number of carbonyl (C=O) groups excluding carboxylic acids is 2. The Balaban J connectivity index is 1.74. The first kappa shape index (κ1) is 24.9. The minimum absolute atomic E-state index is 0.132. The SMILES string of the molecule is Cc1cccc(NC(=O)/C(C#N)=C2/SC(Cc3cc(Cl)ccc3Cl)C(=O)N2c2ccccc2)c1C. The van der Waals surface area contributed by atoms with Crippen LogP contribution >= 0.6 is 35.0 Å². The predicted molar refractivity (Wildman–Crippen MR) is 143 cm³/mol. The fourth-order valence-corrected chi connectivity index (χ4v) is 5.45. The Hall–Kier alpha value is -3.24. The molecule has 1 atom stereocenters. The third-order valence-electron chi connectivity index (χ3n) is 5.79. The van der Waals surface area contributed by atoms with Crippen molar-refractivity contribution in [3.63, 3.8) is 0 Å². The molecule has 4 rings (SSSR count). The maximum Gasteiger partial charge on any atom is 0.269 e. The van der Waals surface area contributed by atoms with Gasteiger partial charge in [0.05, 0.1) is 5.25 Å². The number of nitriles is 1. The molecular weight excluding hydrogens is 501 g/mol. The van der Waals surface area contributed by atoms with Crippen molar-refractivity contribution < 1.29 is 9.59 Å². The van der Waals surface area contributed by atoms with Gasteiger partial charge in [0.2, 0.25) is 5.91 Å². The van der Waals surface area contributed by atoms with E-state index in [2.05, 4.69) is 5.32 Å². The van der Waals surface area contributed by atoms with Gasteiger partial charge in [-0.3, -0.25) is 14.5 Å². The number of amides is 2. The smallest absolute Gasteiger partial charge is 0.269 e. The highest BCUT2D eigenvalue weighted by Gasteiger charge is 2.41. The normalized spacial score (nSPS) is 16.7. The minimum Gasteiger partial charge on any atom is -0.321 e. The molecule has 1 fully saturated rings. The number of rotatable bonds is 5. The first-order valence-corrected chi connectivity index (χ1v) is 12.4. The van der Waals surface area contributed by atoms with Crippen molar-refractivity contribution >= 4 is 58.2 Å². The molecule has 1 aliphatic rings. The molecule has 176 valence electrons. The number of thioether (sulfide) groups is 1. The fourth-order valence-electron chi connectivity index (χ4n) is 3.77. The predicted octanol–water partition coefficient (Wildman–Crippen LogP) is 6.68. The summed E-state index contributed by atoms with van der Waals surface area (Å²) in [5.74, 6) is -0.807. The van der Waals surface area contributed by atoms with Crippen molar-refractivity contribution in [1.82, 2.24) is 0 Å². The number of benzene rings is 3. The Morgan fingerprint density at radius 2 is 1.83 bits per heavy atom. The van der Waals surface area contributed by atoms with Gasteiger partial charge in [-0.15, -0.1) is 0 Å². The van der Waals surface area contributed by atoms with Crippen LogP contribution in [0.5, 0.6) is 0 Å². The Kier molecular flexibility index (Phi) is 7.51. The summed E-state index contributed by atoms with van der Waals surface area (Å²) in [6.07, 6.45) is 0.299. The minimum atomic E-state index is -0.585. The van der Waals surface area contributed by atoms with E-state index < -0.39 is 11.2 Å². The molecule has 3 aromatic carbocycles. The molecule has 0 aliphatic carbocycles. The van der Waals surface area contributed by atoms with Crippen LogP contribution in [-0.2, 0) is 16.0 Å². The van der Waals surface area contributed by atoms with Crippen LogP contribution in [0.1, 0.15) is 16.7 Å². The van der Waals surface area contributed by atoms with E-state index in [0.29, 0.717) is 27.8 Å². The van der Waals surface area contributed by atoms with Crippen LogP contribution in [0.15, 0.2) is 77.3 Å². The Labute approximate surface area is 218 Å². The van der Waals surface area contributed by atoms with E-state index in [1.165, 1.54) is 16.7 Å². The van der Waals surface area contributed by atoms with E-state index in [0.717, 1.165) is 16.7 Å². The quantitative estimate of drug-likeness (QED) is 0.300. The van der Waals surface area contributed by atoms with Gasteiger partial charge in [-0.2, -0.15) is 5.26 Å². The van der Waals surface area contributed by atoms with Gasteiger partial charge in [-0.05, 0) is 73.4 Å². The van der Waals surface area contributed by atoms with Gasteiger partial charge in [0.1, 0.15) is 16.7 Å². The maximum atomic E-state index is 13.6. The summed E-state index contributed by atoms with van der Waals surface area (Å²) in [7, 11) is 0. The van der Waals surface area contributed by atoms with E-state index in [9.17, 15) is 14.9 Å². The van der Waals surface area contributed by atoms with Crippen LogP contribution in [0.2, 0.25) is 10.0 Å². The van der Waals surface area contributed by atoms with E-state index in [-0.39, 0.29) is 16.5 Å². The second-order valence-corrected chi connectivity index (χ2v) is 10.1. The molecule has 1 saturated heterocycles. The molecule has 1 aliphatic heterocycles. The first-order valence-electron chi connectivity index (χ1n) is 10.8. The number of nitrogens with zero attached hydrogens (tertiary/aromatic N) is 2. The lowest BCUT2D eigenvalue weighted by Gasteiger charge is -2.19. The summed E-state index contributed by atoms with van der Waals surface area (Å²) >= 11 is 13.7. The number of anilines is 2. The van der Waals surface area contributed by atoms with Crippen LogP contribution in [0.3, 0.4) is 0 Å². The average molecular weight is 522 g/mol. The van der Waals surface area contributed by atoms with Gasteiger partial charge in [0.15, 0.2) is 0 Å². The summed E-state index contributed by atoms with van der Waals surface area (Å²) in [5, 5.41) is 13.6. The number of nitrogens with one attached hydrogen (secondary N) is 1. The molecule has 0 radical (unpaired) electrons. The number of hydrogen-bond acceptors (Lipinski definition) is 4. The molecular formula is C27H21Cl2N3O2S. The van der Waals surface area contributed by atoms with Gasteiger partial charge in [-0.25, -0.2) is 0 Å². The van der Waals surface area contributed by atoms with E-state index in [1.807, 2.05) is 38.1 Å². The number of aryl methyl sites for hydroxylation is 1. The zero-order chi connectivity index (χ0) is 25.1. The number of carbonyl (C=O) groups is 2. The third kappa shape index (κ3) is 5.23. The summed E-state index contributed by atoms with van der Waals surface area (Å²) in [6, 6.07) is 21.7. The van der Waals surface area contributed by atoms with E-state index in [1.54, 1.807) is 48.5 Å². The number of hydrogen-bond donors (Lipinski definition) is 1. The van der Waals surface area contributed by atoms with Crippen LogP contribution < -0.4 is 10.2 Å². The second kappa shape index (κ2) is 10.6. The fraction of sp³-hybridized carbons (Fsp3) is 0.148. The number of para-hydroxylation sites is 1. The standard InChI is InChI=1S/C27H21Cl2N3O2S/c1-16-7-6-10-23(17(16)2)31-25(33)21(15-30)27-32(20-8-4-3-5-9-20)26(34)24(35-27)14-18-13-19(28)11-12-22(18)29/h3-13,24H,14H2,1-2H3,(H,31,33)/b27-21+. The van der Waals surface area contributed by atoms with Crippen LogP contribution in [0.25, 0.3) is 0 Å². The molecule has 0 bridgehead atoms. The lowest BCUT2D eigenvalue weighted by molar-refractivity contribution is -0.117. The molecule has 1 N–H and O–H groups in total. The largest absolute Gasteiger partial charge is 0.321 e. The molecule has 0 saturated carbocycles. The molecule has 3 aromatic rings. The monoisotopic (exact) mass is 521 g/mol. The van der Waals surface area contributed by atoms with Crippen molar-refractivity contribution in [2.75, 3.05) is 10.2 Å². The van der Waals surface area contributed by atoms with Crippen molar-refractivity contribution in [2.24, 2.45) is 0 Å². The van der Waals surface area contributed by atoms with Crippen molar-refractivity contribution in [3.05, 3.63) is 104 Å². The first-order chi connectivity index (χ1) is 16.8. The second-order valence-electron chi connectivity index (χ2n) is 8.05. The molecule has 35 heavy (non-hydrogen) atoms. The van der Waals surface area contributed by atoms with Gasteiger partial charge >= 0.3 is 0 Å². The zero-order valence-electron chi connectivity index (χ0n) is 19.0. The van der Waals surface area contributed by atoms with Crippen molar-refractivity contribution in [3.8, 4) is 6.07 Å². The zero-order valence-corrected chi connectivity index (χ0v) is 21.3. The van der Waals surface area contributed by atoms with Gasteiger partial charge in [0.25, 0.3) is 5.91 Å². The van der Waals surface area contributed by atoms with Crippen LogP contribution in [0.4, 0.5) is 11.4 Å². The molecule has 0 aromatic heterocycles. The van der Waals surface area contributed by atoms with Gasteiger partial charge in [-0.1, -0.05) is 65.3 Å². The molecule has 8 heteroatoms. The average Bonchev–Trinajstić information content (AvgIpc) is 3.15. The lowest BCUT2D eigenvalue weighted by Crippen LogP contribution is -2.31. The maximum absolute atomic E-state index is 13.6. The van der Waals surface area contributed by atoms with Gasteiger partial charge < -0.3 is 5.32 Å². The van der Waals surface area contributed by atoms with Gasteiger partial charge in [0, 0.05) is 21.4 Å². The summed E-state index contributed by atoms with van der Waals surface area (Å²) in [4.78, 5) is 28.3. The number of halogens is 2. The Morgan fingerprint density at radius 3 is 2.54 bits per heavy atom. The highest BCUT2D eigenvalue weighted by molar-refractivity contribution is 8.05. The topological polar surface area (TPSA) is 73.2 Å². The van der Waals surface area contributed by atoms with Crippen molar-refractivity contribution in [2.45, 2.75) is 25.5 Å². The van der Waals surface area contributed by atoms with E-state index in [4.69, 9.17) is 23.2 Å². The highest BCUT2D eigenvalue weighted by atomic mass is 35.5.